The molecule has 2 amide bonds. The van der Waals surface area contributed by atoms with Crippen LogP contribution in [-0.2, 0) is 0 Å². The molecule has 2 N–H and O–H groups in total. The predicted molar refractivity (Wildman–Crippen MR) is 90.5 cm³/mol. The van der Waals surface area contributed by atoms with Gasteiger partial charge in [0.25, 0.3) is 0 Å². The first-order chi connectivity index (χ1) is 11.1. The number of nitrogens with one attached hydrogen (secondary N) is 1. The summed E-state index contributed by atoms with van der Waals surface area (Å²) in [4.78, 5) is 18.9. The first-order valence-corrected chi connectivity index (χ1v) is 9.34. The molecule has 0 aliphatic carbocycles. The molecule has 0 aromatic heterocycles. The number of nitrogens with zero attached hydrogens (tertiary/aromatic N) is 3. The lowest BCUT2D eigenvalue weighted by Crippen LogP contribution is -2.46. The van der Waals surface area contributed by atoms with Crippen LogP contribution in [-0.4, -0.2) is 89.8 Å². The maximum atomic E-state index is 12.3. The fourth-order valence-corrected chi connectivity index (χ4v) is 4.28. The predicted octanol–water partition coefficient (Wildman–Crippen LogP) is 0.711. The van der Waals surface area contributed by atoms with E-state index in [2.05, 4.69) is 22.0 Å². The minimum atomic E-state index is -0.402. The summed E-state index contributed by atoms with van der Waals surface area (Å²) in [5, 5.41) is 13.3. The SMILES string of the molecule is C[C@@H]1CCCCN1CCNC(=O)N1C[C@@H](N2CCCC2)[C@@H](O)C1. The standard InChI is InChI=1S/C17H32N4O2/c1-14-6-2-3-8-19(14)11-7-18-17(23)21-12-15(16(22)13-21)20-9-4-5-10-20/h14-16,22H,2-13H2,1H3,(H,18,23)/t14-,15-,16+/m1/s1. The van der Waals surface area contributed by atoms with Gasteiger partial charge in [0.05, 0.1) is 12.1 Å². The highest BCUT2D eigenvalue weighted by atomic mass is 16.3. The van der Waals surface area contributed by atoms with Gasteiger partial charge in [-0.25, -0.2) is 4.79 Å². The lowest BCUT2D eigenvalue weighted by Gasteiger charge is -2.33. The Bertz CT molecular complexity index is 400. The summed E-state index contributed by atoms with van der Waals surface area (Å²) in [5.74, 6) is 0. The Morgan fingerprint density at radius 3 is 2.61 bits per heavy atom. The van der Waals surface area contributed by atoms with E-state index in [1.54, 1.807) is 4.90 Å². The fourth-order valence-electron chi connectivity index (χ4n) is 4.28. The number of carbonyl (C=O) groups excluding carboxylic acids is 1. The zero-order valence-electron chi connectivity index (χ0n) is 14.4. The molecular weight excluding hydrogens is 292 g/mol. The van der Waals surface area contributed by atoms with Gasteiger partial charge in [-0.2, -0.15) is 0 Å². The second kappa shape index (κ2) is 7.81. The molecule has 0 aromatic rings. The minimum absolute atomic E-state index is 0.0181. The van der Waals surface area contributed by atoms with E-state index < -0.39 is 6.10 Å². The van der Waals surface area contributed by atoms with Gasteiger partial charge in [0, 0.05) is 32.2 Å². The van der Waals surface area contributed by atoms with Crippen molar-refractivity contribution in [1.82, 2.24) is 20.0 Å². The molecule has 0 spiro atoms. The summed E-state index contributed by atoms with van der Waals surface area (Å²) < 4.78 is 0. The summed E-state index contributed by atoms with van der Waals surface area (Å²) in [5.41, 5.74) is 0. The fraction of sp³-hybridized carbons (Fsp3) is 0.941. The third-order valence-corrected chi connectivity index (χ3v) is 5.77. The molecule has 3 heterocycles. The van der Waals surface area contributed by atoms with E-state index >= 15 is 0 Å². The smallest absolute Gasteiger partial charge is 0.317 e. The summed E-state index contributed by atoms with van der Waals surface area (Å²) in [7, 11) is 0. The lowest BCUT2D eigenvalue weighted by atomic mass is 10.0. The van der Waals surface area contributed by atoms with Gasteiger partial charge in [-0.1, -0.05) is 6.42 Å². The molecule has 6 nitrogen and oxygen atoms in total. The molecule has 23 heavy (non-hydrogen) atoms. The number of β-amino-alcohol motifs (C(OH)–C–C–N with tert-alkyl or cyclic N) is 1. The highest BCUT2D eigenvalue weighted by Crippen LogP contribution is 2.21. The van der Waals surface area contributed by atoms with Crippen LogP contribution in [0.5, 0.6) is 0 Å². The molecule has 3 rings (SSSR count). The van der Waals surface area contributed by atoms with E-state index in [9.17, 15) is 9.90 Å². The Morgan fingerprint density at radius 1 is 1.13 bits per heavy atom. The molecule has 3 aliphatic heterocycles. The zero-order valence-corrected chi connectivity index (χ0v) is 14.4. The molecule has 6 heteroatoms. The van der Waals surface area contributed by atoms with Crippen LogP contribution in [0, 0.1) is 0 Å². The molecule has 3 fully saturated rings. The molecule has 132 valence electrons. The van der Waals surface area contributed by atoms with Crippen LogP contribution in [0.25, 0.3) is 0 Å². The van der Waals surface area contributed by atoms with E-state index in [1.165, 1.54) is 32.1 Å². The van der Waals surface area contributed by atoms with Gasteiger partial charge in [0.15, 0.2) is 0 Å². The molecule has 3 saturated heterocycles. The quantitative estimate of drug-likeness (QED) is 0.800. The number of hydrogen-bond acceptors (Lipinski definition) is 4. The van der Waals surface area contributed by atoms with Crippen LogP contribution in [0.1, 0.15) is 39.0 Å². The van der Waals surface area contributed by atoms with Crippen molar-refractivity contribution >= 4 is 6.03 Å². The zero-order chi connectivity index (χ0) is 16.2. The second-order valence-electron chi connectivity index (χ2n) is 7.40. The average molecular weight is 324 g/mol. The minimum Gasteiger partial charge on any atom is -0.390 e. The number of carbonyl (C=O) groups is 1. The van der Waals surface area contributed by atoms with Crippen LogP contribution in [0.4, 0.5) is 4.79 Å². The van der Waals surface area contributed by atoms with Gasteiger partial charge in [-0.05, 0) is 52.2 Å². The third-order valence-electron chi connectivity index (χ3n) is 5.77. The van der Waals surface area contributed by atoms with Crippen LogP contribution in [0.3, 0.4) is 0 Å². The van der Waals surface area contributed by atoms with E-state index in [-0.39, 0.29) is 12.1 Å². The number of aliphatic hydroxyl groups is 1. The number of aliphatic hydroxyl groups excluding tert-OH is 1. The van der Waals surface area contributed by atoms with Crippen molar-refractivity contribution in [2.24, 2.45) is 0 Å². The van der Waals surface area contributed by atoms with E-state index in [0.29, 0.717) is 25.7 Å². The van der Waals surface area contributed by atoms with E-state index in [0.717, 1.165) is 26.2 Å². The summed E-state index contributed by atoms with van der Waals surface area (Å²) in [6.45, 7) is 8.30. The van der Waals surface area contributed by atoms with Crippen LogP contribution in [0.15, 0.2) is 0 Å². The molecule has 3 aliphatic rings. The number of hydrogen-bond donors (Lipinski definition) is 2. The van der Waals surface area contributed by atoms with E-state index in [1.807, 2.05) is 0 Å². The number of urea groups is 1. The molecule has 3 atom stereocenters. The van der Waals surface area contributed by atoms with Crippen molar-refractivity contribution < 1.29 is 9.90 Å². The molecular formula is C17H32N4O2. The van der Waals surface area contributed by atoms with Gasteiger partial charge in [-0.15, -0.1) is 0 Å². The molecule has 0 radical (unpaired) electrons. The lowest BCUT2D eigenvalue weighted by molar-refractivity contribution is 0.0980. The highest BCUT2D eigenvalue weighted by Gasteiger charge is 2.38. The molecule has 0 bridgehead atoms. The van der Waals surface area contributed by atoms with Gasteiger partial charge in [0.1, 0.15) is 0 Å². The van der Waals surface area contributed by atoms with Crippen molar-refractivity contribution in [1.29, 1.82) is 0 Å². The van der Waals surface area contributed by atoms with Gasteiger partial charge in [0.2, 0.25) is 0 Å². The number of rotatable bonds is 4. The van der Waals surface area contributed by atoms with Crippen molar-refractivity contribution in [2.75, 3.05) is 45.8 Å². The summed E-state index contributed by atoms with van der Waals surface area (Å²) in [6, 6.07) is 0.745. The van der Waals surface area contributed by atoms with Crippen LogP contribution in [0.2, 0.25) is 0 Å². The average Bonchev–Trinajstić information content (AvgIpc) is 3.18. The largest absolute Gasteiger partial charge is 0.390 e. The van der Waals surface area contributed by atoms with Crippen LogP contribution >= 0.6 is 0 Å². The third kappa shape index (κ3) is 4.17. The summed E-state index contributed by atoms with van der Waals surface area (Å²) >= 11 is 0. The monoisotopic (exact) mass is 324 g/mol. The maximum Gasteiger partial charge on any atom is 0.317 e. The Labute approximate surface area is 139 Å². The Kier molecular flexibility index (Phi) is 5.77. The van der Waals surface area contributed by atoms with Gasteiger partial charge >= 0.3 is 6.03 Å². The van der Waals surface area contributed by atoms with Gasteiger partial charge < -0.3 is 15.3 Å². The Hall–Kier alpha value is -0.850. The molecule has 0 aromatic carbocycles. The Morgan fingerprint density at radius 2 is 1.87 bits per heavy atom. The van der Waals surface area contributed by atoms with Crippen molar-refractivity contribution in [3.05, 3.63) is 0 Å². The Balaban J connectivity index is 1.40. The van der Waals surface area contributed by atoms with Crippen molar-refractivity contribution in [2.45, 2.75) is 57.2 Å². The molecule has 0 saturated carbocycles. The number of piperidine rings is 1. The number of likely N-dealkylation sites (tertiary alicyclic amines) is 3. The number of amides is 2. The maximum absolute atomic E-state index is 12.3. The normalized spacial score (nSPS) is 33.3. The summed E-state index contributed by atoms with van der Waals surface area (Å²) in [6.07, 6.45) is 5.89. The van der Waals surface area contributed by atoms with Crippen molar-refractivity contribution in [3.63, 3.8) is 0 Å². The van der Waals surface area contributed by atoms with Crippen molar-refractivity contribution in [3.8, 4) is 0 Å². The van der Waals surface area contributed by atoms with E-state index in [4.69, 9.17) is 0 Å². The van der Waals surface area contributed by atoms with Gasteiger partial charge in [-0.3, -0.25) is 9.80 Å². The highest BCUT2D eigenvalue weighted by molar-refractivity contribution is 5.74. The molecule has 0 unspecified atom stereocenters. The topological polar surface area (TPSA) is 59.1 Å². The first-order valence-electron chi connectivity index (χ1n) is 9.34. The van der Waals surface area contributed by atoms with Crippen LogP contribution < -0.4 is 5.32 Å². The second-order valence-corrected chi connectivity index (χ2v) is 7.40. The first kappa shape index (κ1) is 17.0.